The van der Waals surface area contributed by atoms with Crippen molar-refractivity contribution in [3.05, 3.63) is 60.2 Å². The number of rotatable bonds is 6. The van der Waals surface area contributed by atoms with Crippen LogP contribution in [0.2, 0.25) is 0 Å². The topological polar surface area (TPSA) is 66.9 Å². The van der Waals surface area contributed by atoms with Crippen molar-refractivity contribution in [2.24, 2.45) is 0 Å². The van der Waals surface area contributed by atoms with Gasteiger partial charge in [-0.2, -0.15) is 0 Å². The highest BCUT2D eigenvalue weighted by Crippen LogP contribution is 2.32. The van der Waals surface area contributed by atoms with E-state index in [4.69, 9.17) is 4.74 Å². The Hall–Kier alpha value is -3.15. The van der Waals surface area contributed by atoms with Gasteiger partial charge in [-0.05, 0) is 42.7 Å². The summed E-state index contributed by atoms with van der Waals surface area (Å²) in [7, 11) is 1.57. The van der Waals surface area contributed by atoms with E-state index in [-0.39, 0.29) is 36.6 Å². The van der Waals surface area contributed by atoms with Crippen LogP contribution >= 0.6 is 0 Å². The number of methoxy groups -OCH3 is 1. The Morgan fingerprint density at radius 2 is 1.62 bits per heavy atom. The standard InChI is InChI=1S/C26H30N2O4/c1-32-22-15-13-21(14-16-22)28-25(30)18-23(26(28)31)27(20-11-7-2-3-8-12-20)24(29)17-19-9-5-4-6-10-19/h4-6,9-10,13-16,20,23H,2-3,7-8,11-12,17-18H2,1H3. The summed E-state index contributed by atoms with van der Waals surface area (Å²) in [5, 5.41) is 0. The van der Waals surface area contributed by atoms with Gasteiger partial charge >= 0.3 is 0 Å². The van der Waals surface area contributed by atoms with Crippen LogP contribution in [0.4, 0.5) is 5.69 Å². The lowest BCUT2D eigenvalue weighted by Gasteiger charge is -2.35. The molecular formula is C26H30N2O4. The molecule has 1 aliphatic heterocycles. The summed E-state index contributed by atoms with van der Waals surface area (Å²) in [4.78, 5) is 42.9. The zero-order valence-corrected chi connectivity index (χ0v) is 18.5. The van der Waals surface area contributed by atoms with Crippen molar-refractivity contribution in [2.75, 3.05) is 12.0 Å². The van der Waals surface area contributed by atoms with Crippen LogP contribution < -0.4 is 9.64 Å². The molecule has 4 rings (SSSR count). The van der Waals surface area contributed by atoms with Crippen molar-refractivity contribution >= 4 is 23.4 Å². The largest absolute Gasteiger partial charge is 0.497 e. The second-order valence-corrected chi connectivity index (χ2v) is 8.59. The van der Waals surface area contributed by atoms with Gasteiger partial charge in [-0.25, -0.2) is 4.90 Å². The summed E-state index contributed by atoms with van der Waals surface area (Å²) in [6.07, 6.45) is 6.38. The highest BCUT2D eigenvalue weighted by atomic mass is 16.5. The minimum absolute atomic E-state index is 0.00807. The highest BCUT2D eigenvalue weighted by molar-refractivity contribution is 6.23. The third-order valence-electron chi connectivity index (χ3n) is 6.49. The molecule has 6 nitrogen and oxygen atoms in total. The van der Waals surface area contributed by atoms with E-state index in [1.54, 1.807) is 36.3 Å². The van der Waals surface area contributed by atoms with Gasteiger partial charge in [0.2, 0.25) is 11.8 Å². The molecule has 2 aliphatic rings. The molecule has 1 heterocycles. The summed E-state index contributed by atoms with van der Waals surface area (Å²) < 4.78 is 5.18. The number of carbonyl (C=O) groups is 3. The van der Waals surface area contributed by atoms with Crippen molar-refractivity contribution < 1.29 is 19.1 Å². The van der Waals surface area contributed by atoms with Gasteiger partial charge in [-0.3, -0.25) is 14.4 Å². The molecule has 0 bridgehead atoms. The maximum absolute atomic E-state index is 13.5. The number of hydrogen-bond donors (Lipinski definition) is 0. The Labute approximate surface area is 189 Å². The molecule has 0 radical (unpaired) electrons. The van der Waals surface area contributed by atoms with Crippen molar-refractivity contribution in [3.63, 3.8) is 0 Å². The molecule has 0 N–H and O–H groups in total. The lowest BCUT2D eigenvalue weighted by Crippen LogP contribution is -2.51. The summed E-state index contributed by atoms with van der Waals surface area (Å²) >= 11 is 0. The quantitative estimate of drug-likeness (QED) is 0.507. The number of nitrogens with zero attached hydrogens (tertiary/aromatic N) is 2. The fourth-order valence-electron chi connectivity index (χ4n) is 4.87. The zero-order chi connectivity index (χ0) is 22.5. The first-order valence-corrected chi connectivity index (χ1v) is 11.4. The van der Waals surface area contributed by atoms with E-state index in [1.165, 1.54) is 4.90 Å². The number of hydrogen-bond acceptors (Lipinski definition) is 4. The number of anilines is 1. The normalized spacial score (nSPS) is 19.7. The predicted octanol–water partition coefficient (Wildman–Crippen LogP) is 4.12. The molecule has 32 heavy (non-hydrogen) atoms. The van der Waals surface area contributed by atoms with Gasteiger partial charge in [-0.15, -0.1) is 0 Å². The van der Waals surface area contributed by atoms with Crippen LogP contribution in [0.1, 0.15) is 50.5 Å². The molecule has 1 atom stereocenters. The molecule has 0 spiro atoms. The Morgan fingerprint density at radius 1 is 0.969 bits per heavy atom. The van der Waals surface area contributed by atoms with Gasteiger partial charge in [-0.1, -0.05) is 56.0 Å². The fourth-order valence-corrected chi connectivity index (χ4v) is 4.87. The summed E-state index contributed by atoms with van der Waals surface area (Å²) in [5.41, 5.74) is 1.43. The van der Waals surface area contributed by atoms with E-state index in [9.17, 15) is 14.4 Å². The van der Waals surface area contributed by atoms with E-state index < -0.39 is 6.04 Å². The van der Waals surface area contributed by atoms with E-state index >= 15 is 0 Å². The first kappa shape index (κ1) is 22.1. The van der Waals surface area contributed by atoms with Crippen molar-refractivity contribution in [1.82, 2.24) is 4.90 Å². The molecule has 2 fully saturated rings. The van der Waals surface area contributed by atoms with Crippen LogP contribution in [0.15, 0.2) is 54.6 Å². The van der Waals surface area contributed by atoms with Gasteiger partial charge in [0.15, 0.2) is 0 Å². The average Bonchev–Trinajstić information content (AvgIpc) is 2.97. The predicted molar refractivity (Wildman–Crippen MR) is 122 cm³/mol. The molecule has 6 heteroatoms. The molecule has 1 unspecified atom stereocenters. The van der Waals surface area contributed by atoms with Crippen LogP contribution in [0.3, 0.4) is 0 Å². The molecule has 2 aromatic carbocycles. The van der Waals surface area contributed by atoms with Crippen LogP contribution in [-0.4, -0.2) is 41.8 Å². The van der Waals surface area contributed by atoms with E-state index in [0.29, 0.717) is 11.4 Å². The van der Waals surface area contributed by atoms with Crippen molar-refractivity contribution in [1.29, 1.82) is 0 Å². The molecule has 2 aromatic rings. The van der Waals surface area contributed by atoms with Crippen LogP contribution in [0.5, 0.6) is 5.75 Å². The van der Waals surface area contributed by atoms with E-state index in [2.05, 4.69) is 0 Å². The molecule has 1 saturated carbocycles. The van der Waals surface area contributed by atoms with Crippen molar-refractivity contribution in [3.8, 4) is 5.75 Å². The summed E-state index contributed by atoms with van der Waals surface area (Å²) in [6.45, 7) is 0. The fraction of sp³-hybridized carbons (Fsp3) is 0.423. The lowest BCUT2D eigenvalue weighted by atomic mass is 10.0. The molecule has 0 aromatic heterocycles. The van der Waals surface area contributed by atoms with Crippen LogP contribution in [0.25, 0.3) is 0 Å². The monoisotopic (exact) mass is 434 g/mol. The zero-order valence-electron chi connectivity index (χ0n) is 18.5. The molecule has 1 saturated heterocycles. The van der Waals surface area contributed by atoms with Gasteiger partial charge in [0.25, 0.3) is 5.91 Å². The van der Waals surface area contributed by atoms with Gasteiger partial charge in [0.05, 0.1) is 25.6 Å². The van der Waals surface area contributed by atoms with Gasteiger partial charge < -0.3 is 9.64 Å². The molecule has 3 amide bonds. The second-order valence-electron chi connectivity index (χ2n) is 8.59. The first-order chi connectivity index (χ1) is 15.6. The van der Waals surface area contributed by atoms with Gasteiger partial charge in [0.1, 0.15) is 11.8 Å². The number of benzene rings is 2. The SMILES string of the molecule is COc1ccc(N2C(=O)CC(N(C(=O)Cc3ccccc3)C3CCCCCC3)C2=O)cc1. The van der Waals surface area contributed by atoms with Crippen LogP contribution in [0, 0.1) is 0 Å². The lowest BCUT2D eigenvalue weighted by molar-refractivity contribution is -0.140. The highest BCUT2D eigenvalue weighted by Gasteiger charge is 2.46. The first-order valence-electron chi connectivity index (χ1n) is 11.4. The van der Waals surface area contributed by atoms with Crippen molar-refractivity contribution in [2.45, 2.75) is 63.5 Å². The Kier molecular flexibility index (Phi) is 6.88. The van der Waals surface area contributed by atoms with E-state index in [0.717, 1.165) is 44.1 Å². The molecule has 1 aliphatic carbocycles. The Bertz CT molecular complexity index is 950. The molecular weight excluding hydrogens is 404 g/mol. The summed E-state index contributed by atoms with van der Waals surface area (Å²) in [5.74, 6) is -0.00419. The molecule has 168 valence electrons. The number of amides is 3. The number of ether oxygens (including phenoxy) is 1. The minimum atomic E-state index is -0.746. The summed E-state index contributed by atoms with van der Waals surface area (Å²) in [6, 6.07) is 15.7. The maximum atomic E-state index is 13.5. The number of imide groups is 1. The van der Waals surface area contributed by atoms with Gasteiger partial charge in [0, 0.05) is 6.04 Å². The maximum Gasteiger partial charge on any atom is 0.257 e. The minimum Gasteiger partial charge on any atom is -0.497 e. The Morgan fingerprint density at radius 3 is 2.25 bits per heavy atom. The average molecular weight is 435 g/mol. The van der Waals surface area contributed by atoms with E-state index in [1.807, 2.05) is 30.3 Å². The van der Waals surface area contributed by atoms with Crippen LogP contribution in [-0.2, 0) is 20.8 Å². The smallest absolute Gasteiger partial charge is 0.257 e. The third-order valence-corrected chi connectivity index (χ3v) is 6.49. The number of carbonyl (C=O) groups excluding carboxylic acids is 3. The third kappa shape index (κ3) is 4.69. The second kappa shape index (κ2) is 9.98. The Balaban J connectivity index is 1.61.